The van der Waals surface area contributed by atoms with Crippen molar-refractivity contribution in [2.45, 2.75) is 31.7 Å². The Morgan fingerprint density at radius 2 is 2.08 bits per heavy atom. The van der Waals surface area contributed by atoms with Crippen molar-refractivity contribution in [1.82, 2.24) is 25.3 Å². The number of fused-ring (bicyclic) bond motifs is 1. The SMILES string of the molecule is Clc1cnc2[nH]cc(Cc3cnc(NCCC4CCCN4)nc3)c2c1. The van der Waals surface area contributed by atoms with Gasteiger partial charge in [-0.1, -0.05) is 11.6 Å². The Morgan fingerprint density at radius 3 is 2.88 bits per heavy atom. The van der Waals surface area contributed by atoms with Gasteiger partial charge in [-0.25, -0.2) is 15.0 Å². The van der Waals surface area contributed by atoms with Gasteiger partial charge in [-0.05, 0) is 43.0 Å². The second kappa shape index (κ2) is 7.37. The summed E-state index contributed by atoms with van der Waals surface area (Å²) in [7, 11) is 0. The largest absolute Gasteiger partial charge is 0.354 e. The molecule has 3 aromatic rings. The Labute approximate surface area is 151 Å². The van der Waals surface area contributed by atoms with Crippen LogP contribution in [0, 0.1) is 0 Å². The first-order valence-corrected chi connectivity index (χ1v) is 9.05. The minimum atomic E-state index is 0.633. The van der Waals surface area contributed by atoms with Gasteiger partial charge in [-0.2, -0.15) is 0 Å². The molecule has 0 saturated carbocycles. The highest BCUT2D eigenvalue weighted by Gasteiger charge is 2.13. The lowest BCUT2D eigenvalue weighted by atomic mass is 10.1. The molecule has 0 spiro atoms. The van der Waals surface area contributed by atoms with Crippen molar-refractivity contribution in [1.29, 1.82) is 0 Å². The lowest BCUT2D eigenvalue weighted by molar-refractivity contribution is 0.573. The fourth-order valence-corrected chi connectivity index (χ4v) is 3.46. The summed E-state index contributed by atoms with van der Waals surface area (Å²) in [6.07, 6.45) is 11.8. The Bertz CT molecular complexity index is 838. The molecule has 130 valence electrons. The molecule has 3 aromatic heterocycles. The normalized spacial score (nSPS) is 17.2. The maximum absolute atomic E-state index is 6.05. The molecule has 4 rings (SSSR count). The van der Waals surface area contributed by atoms with Crippen LogP contribution in [0.1, 0.15) is 30.4 Å². The molecule has 6 nitrogen and oxygen atoms in total. The number of rotatable bonds is 6. The van der Waals surface area contributed by atoms with E-state index in [-0.39, 0.29) is 0 Å². The zero-order valence-corrected chi connectivity index (χ0v) is 14.7. The quantitative estimate of drug-likeness (QED) is 0.632. The van der Waals surface area contributed by atoms with Crippen molar-refractivity contribution in [3.63, 3.8) is 0 Å². The molecule has 1 fully saturated rings. The Hall–Kier alpha value is -2.18. The molecule has 1 saturated heterocycles. The van der Waals surface area contributed by atoms with E-state index in [0.717, 1.165) is 48.1 Å². The van der Waals surface area contributed by atoms with Gasteiger partial charge in [-0.15, -0.1) is 0 Å². The number of hydrogen-bond acceptors (Lipinski definition) is 5. The summed E-state index contributed by atoms with van der Waals surface area (Å²) in [5.74, 6) is 0.686. The monoisotopic (exact) mass is 356 g/mol. The molecule has 1 aliphatic heterocycles. The number of aromatic nitrogens is 4. The van der Waals surface area contributed by atoms with E-state index in [1.54, 1.807) is 6.20 Å². The van der Waals surface area contributed by atoms with Crippen LogP contribution in [0.25, 0.3) is 11.0 Å². The topological polar surface area (TPSA) is 78.5 Å². The van der Waals surface area contributed by atoms with E-state index in [1.807, 2.05) is 24.7 Å². The Morgan fingerprint density at radius 1 is 1.20 bits per heavy atom. The number of H-pyrrole nitrogens is 1. The van der Waals surface area contributed by atoms with Crippen LogP contribution in [0.15, 0.2) is 30.9 Å². The van der Waals surface area contributed by atoms with Crippen LogP contribution in [-0.4, -0.2) is 39.1 Å². The summed E-state index contributed by atoms with van der Waals surface area (Å²) in [5, 5.41) is 8.48. The van der Waals surface area contributed by atoms with Gasteiger partial charge in [0.25, 0.3) is 0 Å². The van der Waals surface area contributed by atoms with Crippen LogP contribution in [0.2, 0.25) is 5.02 Å². The summed E-state index contributed by atoms with van der Waals surface area (Å²) in [4.78, 5) is 16.3. The van der Waals surface area contributed by atoms with Gasteiger partial charge in [0.2, 0.25) is 5.95 Å². The van der Waals surface area contributed by atoms with Crippen LogP contribution in [-0.2, 0) is 6.42 Å². The third kappa shape index (κ3) is 3.91. The Balaban J connectivity index is 1.37. The summed E-state index contributed by atoms with van der Waals surface area (Å²) < 4.78 is 0. The van der Waals surface area contributed by atoms with Crippen molar-refractivity contribution in [2.75, 3.05) is 18.4 Å². The van der Waals surface area contributed by atoms with Gasteiger partial charge >= 0.3 is 0 Å². The standard InChI is InChI=1S/C18H21ClN6/c19-14-7-16-13(10-22-17(16)23-11-14)6-12-8-24-18(25-9-12)21-5-3-15-2-1-4-20-15/h7-11,15,20H,1-6H2,(H,22,23)(H,21,24,25). The number of halogens is 1. The third-order valence-electron chi connectivity index (χ3n) is 4.62. The van der Waals surface area contributed by atoms with Gasteiger partial charge < -0.3 is 15.6 Å². The van der Waals surface area contributed by atoms with Crippen LogP contribution < -0.4 is 10.6 Å². The van der Waals surface area contributed by atoms with Gasteiger partial charge in [0, 0.05) is 49.2 Å². The zero-order chi connectivity index (χ0) is 17.1. The van der Waals surface area contributed by atoms with Crippen LogP contribution in [0.3, 0.4) is 0 Å². The minimum absolute atomic E-state index is 0.633. The molecule has 0 radical (unpaired) electrons. The van der Waals surface area contributed by atoms with Gasteiger partial charge in [0.05, 0.1) is 5.02 Å². The van der Waals surface area contributed by atoms with E-state index in [0.29, 0.717) is 17.0 Å². The molecule has 3 N–H and O–H groups in total. The molecule has 4 heterocycles. The Kier molecular flexibility index (Phi) is 4.81. The van der Waals surface area contributed by atoms with E-state index >= 15 is 0 Å². The second-order valence-electron chi connectivity index (χ2n) is 6.46. The first-order chi connectivity index (χ1) is 12.3. The zero-order valence-electron chi connectivity index (χ0n) is 13.9. The first kappa shape index (κ1) is 16.3. The third-order valence-corrected chi connectivity index (χ3v) is 4.83. The van der Waals surface area contributed by atoms with Gasteiger partial charge in [-0.3, -0.25) is 0 Å². The van der Waals surface area contributed by atoms with Crippen LogP contribution in [0.4, 0.5) is 5.95 Å². The molecule has 0 amide bonds. The predicted molar refractivity (Wildman–Crippen MR) is 100 cm³/mol. The van der Waals surface area contributed by atoms with Gasteiger partial charge in [0.1, 0.15) is 5.65 Å². The number of aromatic amines is 1. The van der Waals surface area contributed by atoms with E-state index < -0.39 is 0 Å². The molecular weight excluding hydrogens is 336 g/mol. The first-order valence-electron chi connectivity index (χ1n) is 8.67. The van der Waals surface area contributed by atoms with Crippen molar-refractivity contribution in [3.8, 4) is 0 Å². The molecule has 1 unspecified atom stereocenters. The van der Waals surface area contributed by atoms with E-state index in [4.69, 9.17) is 11.6 Å². The molecule has 0 bridgehead atoms. The summed E-state index contributed by atoms with van der Waals surface area (Å²) in [5.41, 5.74) is 3.05. The predicted octanol–water partition coefficient (Wildman–Crippen LogP) is 3.15. The molecule has 0 aromatic carbocycles. The van der Waals surface area contributed by atoms with Crippen LogP contribution >= 0.6 is 11.6 Å². The highest BCUT2D eigenvalue weighted by Crippen LogP contribution is 2.22. The number of pyridine rings is 1. The highest BCUT2D eigenvalue weighted by molar-refractivity contribution is 6.31. The maximum atomic E-state index is 6.05. The molecule has 0 aliphatic carbocycles. The minimum Gasteiger partial charge on any atom is -0.354 e. The molecular formula is C18H21ClN6. The van der Waals surface area contributed by atoms with Crippen LogP contribution in [0.5, 0.6) is 0 Å². The smallest absolute Gasteiger partial charge is 0.222 e. The maximum Gasteiger partial charge on any atom is 0.222 e. The summed E-state index contributed by atoms with van der Waals surface area (Å²) in [6, 6.07) is 2.57. The number of nitrogens with one attached hydrogen (secondary N) is 3. The fraction of sp³-hybridized carbons (Fsp3) is 0.389. The molecule has 7 heteroatoms. The van der Waals surface area contributed by atoms with Crippen molar-refractivity contribution in [2.24, 2.45) is 0 Å². The lowest BCUT2D eigenvalue weighted by Gasteiger charge is -2.10. The second-order valence-corrected chi connectivity index (χ2v) is 6.90. The number of hydrogen-bond donors (Lipinski definition) is 3. The molecule has 1 atom stereocenters. The average Bonchev–Trinajstić information content (AvgIpc) is 3.27. The highest BCUT2D eigenvalue weighted by atomic mass is 35.5. The van der Waals surface area contributed by atoms with E-state index in [9.17, 15) is 0 Å². The number of nitrogens with zero attached hydrogens (tertiary/aromatic N) is 3. The summed E-state index contributed by atoms with van der Waals surface area (Å²) in [6.45, 7) is 2.04. The number of anilines is 1. The molecule has 25 heavy (non-hydrogen) atoms. The van der Waals surface area contributed by atoms with Crippen molar-refractivity contribution >= 4 is 28.6 Å². The lowest BCUT2D eigenvalue weighted by Crippen LogP contribution is -2.24. The molecule has 1 aliphatic rings. The summed E-state index contributed by atoms with van der Waals surface area (Å²) >= 11 is 6.05. The van der Waals surface area contributed by atoms with Crippen molar-refractivity contribution in [3.05, 3.63) is 47.0 Å². The van der Waals surface area contributed by atoms with Gasteiger partial charge in [0.15, 0.2) is 0 Å². The van der Waals surface area contributed by atoms with Crippen molar-refractivity contribution < 1.29 is 0 Å². The average molecular weight is 357 g/mol. The van der Waals surface area contributed by atoms with E-state index in [2.05, 4.69) is 30.6 Å². The fourth-order valence-electron chi connectivity index (χ4n) is 3.30. The van der Waals surface area contributed by atoms with E-state index in [1.165, 1.54) is 12.8 Å².